The van der Waals surface area contributed by atoms with Gasteiger partial charge >= 0.3 is 0 Å². The number of amides is 2. The lowest BCUT2D eigenvalue weighted by molar-refractivity contribution is -0.895. The fourth-order valence-corrected chi connectivity index (χ4v) is 4.75. The SMILES string of the molecule is CCNC(=O)[C@H](C)NC(=O)C[NH+]1CCN(S(=O)(=O)c2ccc(C(C)C)cc2)CC1. The fourth-order valence-electron chi connectivity index (χ4n) is 3.31. The van der Waals surface area contributed by atoms with Gasteiger partial charge in [0, 0.05) is 6.54 Å². The van der Waals surface area contributed by atoms with Crippen molar-refractivity contribution >= 4 is 21.8 Å². The molecule has 1 atom stereocenters. The number of hydrogen-bond donors (Lipinski definition) is 3. The minimum absolute atomic E-state index is 0.209. The Morgan fingerprint density at radius 1 is 1.10 bits per heavy atom. The molecule has 9 heteroatoms. The maximum atomic E-state index is 12.9. The van der Waals surface area contributed by atoms with Gasteiger partial charge in [-0.3, -0.25) is 9.59 Å². The molecule has 8 nitrogen and oxygen atoms in total. The summed E-state index contributed by atoms with van der Waals surface area (Å²) in [6.07, 6.45) is 0. The van der Waals surface area contributed by atoms with Gasteiger partial charge in [0.1, 0.15) is 6.04 Å². The molecule has 3 N–H and O–H groups in total. The summed E-state index contributed by atoms with van der Waals surface area (Å²) < 4.78 is 27.2. The van der Waals surface area contributed by atoms with E-state index in [2.05, 4.69) is 24.5 Å². The van der Waals surface area contributed by atoms with Gasteiger partial charge in [-0.25, -0.2) is 8.42 Å². The molecule has 0 bridgehead atoms. The van der Waals surface area contributed by atoms with Crippen LogP contribution in [0.25, 0.3) is 0 Å². The van der Waals surface area contributed by atoms with Crippen LogP contribution in [-0.2, 0) is 19.6 Å². The van der Waals surface area contributed by atoms with Crippen LogP contribution in [0.3, 0.4) is 0 Å². The lowest BCUT2D eigenvalue weighted by Gasteiger charge is -2.31. The monoisotopic (exact) mass is 425 g/mol. The zero-order chi connectivity index (χ0) is 21.6. The molecule has 1 aliphatic rings. The molecular formula is C20H33N4O4S+. The number of carbonyl (C=O) groups is 2. The number of quaternary nitrogens is 1. The van der Waals surface area contributed by atoms with Gasteiger partial charge in [0.25, 0.3) is 5.91 Å². The largest absolute Gasteiger partial charge is 0.355 e. The molecule has 1 aromatic rings. The van der Waals surface area contributed by atoms with E-state index in [4.69, 9.17) is 0 Å². The Balaban J connectivity index is 1.87. The third-order valence-electron chi connectivity index (χ3n) is 5.15. The fraction of sp³-hybridized carbons (Fsp3) is 0.600. The third-order valence-corrected chi connectivity index (χ3v) is 7.06. The van der Waals surface area contributed by atoms with E-state index in [1.165, 1.54) is 4.31 Å². The molecule has 0 unspecified atom stereocenters. The lowest BCUT2D eigenvalue weighted by atomic mass is 10.0. The van der Waals surface area contributed by atoms with Crippen molar-refractivity contribution in [3.05, 3.63) is 29.8 Å². The third kappa shape index (κ3) is 6.25. The zero-order valence-electron chi connectivity index (χ0n) is 17.7. The van der Waals surface area contributed by atoms with E-state index in [-0.39, 0.29) is 18.4 Å². The molecule has 1 saturated heterocycles. The average molecular weight is 426 g/mol. The van der Waals surface area contributed by atoms with Crippen LogP contribution in [0.2, 0.25) is 0 Å². The van der Waals surface area contributed by atoms with Crippen LogP contribution in [0.15, 0.2) is 29.2 Å². The smallest absolute Gasteiger partial charge is 0.275 e. The number of hydrogen-bond acceptors (Lipinski definition) is 4. The Bertz CT molecular complexity index is 800. The van der Waals surface area contributed by atoms with E-state index in [9.17, 15) is 18.0 Å². The Morgan fingerprint density at radius 3 is 2.21 bits per heavy atom. The van der Waals surface area contributed by atoms with Gasteiger partial charge in [0.2, 0.25) is 15.9 Å². The first-order valence-corrected chi connectivity index (χ1v) is 11.6. The first-order valence-electron chi connectivity index (χ1n) is 10.2. The van der Waals surface area contributed by atoms with Crippen molar-refractivity contribution in [2.24, 2.45) is 0 Å². The van der Waals surface area contributed by atoms with Gasteiger partial charge in [-0.15, -0.1) is 0 Å². The average Bonchev–Trinajstić information content (AvgIpc) is 2.68. The Kier molecular flexibility index (Phi) is 8.18. The van der Waals surface area contributed by atoms with Crippen LogP contribution in [-0.4, -0.2) is 69.8 Å². The predicted molar refractivity (Wildman–Crippen MR) is 111 cm³/mol. The number of nitrogens with one attached hydrogen (secondary N) is 3. The molecule has 2 rings (SSSR count). The van der Waals surface area contributed by atoms with Crippen molar-refractivity contribution in [2.45, 2.75) is 44.6 Å². The second-order valence-corrected chi connectivity index (χ2v) is 9.68. The quantitative estimate of drug-likeness (QED) is 0.515. The summed E-state index contributed by atoms with van der Waals surface area (Å²) in [5.74, 6) is -0.0737. The van der Waals surface area contributed by atoms with Crippen LogP contribution in [0.4, 0.5) is 0 Å². The molecule has 2 amide bonds. The van der Waals surface area contributed by atoms with E-state index in [0.717, 1.165) is 10.5 Å². The molecule has 1 aromatic carbocycles. The number of sulfonamides is 1. The molecule has 0 aromatic heterocycles. The Hall–Kier alpha value is -1.97. The summed E-state index contributed by atoms with van der Waals surface area (Å²) in [5, 5.41) is 5.36. The van der Waals surface area contributed by atoms with E-state index >= 15 is 0 Å². The lowest BCUT2D eigenvalue weighted by Crippen LogP contribution is -3.15. The molecule has 1 fully saturated rings. The number of rotatable bonds is 8. The van der Waals surface area contributed by atoms with Crippen molar-refractivity contribution in [1.29, 1.82) is 0 Å². The van der Waals surface area contributed by atoms with Crippen molar-refractivity contribution in [3.63, 3.8) is 0 Å². The topological polar surface area (TPSA) is 100 Å². The summed E-state index contributed by atoms with van der Waals surface area (Å²) >= 11 is 0. The standard InChI is InChI=1S/C20H32N4O4S/c1-5-21-20(26)16(4)22-19(25)14-23-10-12-24(13-11-23)29(27,28)18-8-6-17(7-9-18)15(2)3/h6-9,15-16H,5,10-14H2,1-4H3,(H,21,26)(H,22,25)/p+1/t16-/m0/s1. The van der Waals surface area contributed by atoms with Crippen LogP contribution in [0, 0.1) is 0 Å². The molecule has 162 valence electrons. The molecule has 0 spiro atoms. The van der Waals surface area contributed by atoms with Crippen molar-refractivity contribution in [3.8, 4) is 0 Å². The highest BCUT2D eigenvalue weighted by Crippen LogP contribution is 2.20. The summed E-state index contributed by atoms with van der Waals surface area (Å²) in [7, 11) is -3.53. The van der Waals surface area contributed by atoms with Crippen LogP contribution < -0.4 is 15.5 Å². The zero-order valence-corrected chi connectivity index (χ0v) is 18.5. The van der Waals surface area contributed by atoms with E-state index in [1.807, 2.05) is 19.1 Å². The maximum absolute atomic E-state index is 12.9. The Morgan fingerprint density at radius 2 is 1.69 bits per heavy atom. The van der Waals surface area contributed by atoms with E-state index < -0.39 is 16.1 Å². The normalized spacial score (nSPS) is 17.1. The van der Waals surface area contributed by atoms with Gasteiger partial charge in [-0.1, -0.05) is 26.0 Å². The summed E-state index contributed by atoms with van der Waals surface area (Å²) in [6, 6.07) is 6.47. The molecule has 0 saturated carbocycles. The number of piperazine rings is 1. The molecule has 0 aliphatic carbocycles. The number of carbonyl (C=O) groups excluding carboxylic acids is 2. The minimum atomic E-state index is -3.53. The summed E-state index contributed by atoms with van der Waals surface area (Å²) in [5.41, 5.74) is 1.10. The van der Waals surface area contributed by atoms with Gasteiger partial charge < -0.3 is 15.5 Å². The molecular weight excluding hydrogens is 392 g/mol. The van der Waals surface area contributed by atoms with Crippen molar-refractivity contribution < 1.29 is 22.9 Å². The second-order valence-electron chi connectivity index (χ2n) is 7.74. The minimum Gasteiger partial charge on any atom is -0.355 e. The number of nitrogens with zero attached hydrogens (tertiary/aromatic N) is 1. The summed E-state index contributed by atoms with van der Waals surface area (Å²) in [4.78, 5) is 25.2. The first-order chi connectivity index (χ1) is 13.6. The maximum Gasteiger partial charge on any atom is 0.275 e. The van der Waals surface area contributed by atoms with Gasteiger partial charge in [0.05, 0.1) is 31.1 Å². The van der Waals surface area contributed by atoms with Crippen LogP contribution >= 0.6 is 0 Å². The molecule has 0 radical (unpaired) electrons. The van der Waals surface area contributed by atoms with Gasteiger partial charge in [-0.05, 0) is 37.5 Å². The molecule has 29 heavy (non-hydrogen) atoms. The highest BCUT2D eigenvalue weighted by molar-refractivity contribution is 7.89. The molecule has 1 heterocycles. The highest BCUT2D eigenvalue weighted by Gasteiger charge is 2.31. The van der Waals surface area contributed by atoms with Crippen LogP contribution in [0.1, 0.15) is 39.2 Å². The highest BCUT2D eigenvalue weighted by atomic mass is 32.2. The van der Waals surface area contributed by atoms with Crippen molar-refractivity contribution in [2.75, 3.05) is 39.3 Å². The van der Waals surface area contributed by atoms with Gasteiger partial charge in [-0.2, -0.15) is 4.31 Å². The van der Waals surface area contributed by atoms with Crippen molar-refractivity contribution in [1.82, 2.24) is 14.9 Å². The second kappa shape index (κ2) is 10.2. The number of benzene rings is 1. The Labute approximate surface area is 173 Å². The van der Waals surface area contributed by atoms with Gasteiger partial charge in [0.15, 0.2) is 6.54 Å². The van der Waals surface area contributed by atoms with E-state index in [0.29, 0.717) is 43.5 Å². The predicted octanol–water partition coefficient (Wildman–Crippen LogP) is -0.660. The van der Waals surface area contributed by atoms with E-state index in [1.54, 1.807) is 19.1 Å². The molecule has 1 aliphatic heterocycles. The number of likely N-dealkylation sites (N-methyl/N-ethyl adjacent to an activating group) is 1. The first kappa shape index (κ1) is 23.3. The summed E-state index contributed by atoms with van der Waals surface area (Å²) in [6.45, 7) is 10.2. The van der Waals surface area contributed by atoms with Crippen LogP contribution in [0.5, 0.6) is 0 Å².